The fourth-order valence-corrected chi connectivity index (χ4v) is 4.38. The summed E-state index contributed by atoms with van der Waals surface area (Å²) in [6.07, 6.45) is 7.50. The number of thiophene rings is 1. The van der Waals surface area contributed by atoms with E-state index in [1.165, 1.54) is 49.9 Å². The van der Waals surface area contributed by atoms with Crippen LogP contribution >= 0.6 is 11.3 Å². The number of hydrogen-bond donors (Lipinski definition) is 2. The number of unbranched alkanes of at least 4 members (excludes halogenated alkanes) is 3. The molecule has 2 unspecified atom stereocenters. The maximum absolute atomic E-state index is 6.03. The molecule has 2 heterocycles. The van der Waals surface area contributed by atoms with Gasteiger partial charge in [-0.25, -0.2) is 0 Å². The molecule has 0 aliphatic carbocycles. The van der Waals surface area contributed by atoms with Gasteiger partial charge in [0.15, 0.2) is 5.96 Å². The molecule has 1 aromatic heterocycles. The lowest BCUT2D eigenvalue weighted by Crippen LogP contribution is -2.38. The highest BCUT2D eigenvalue weighted by molar-refractivity contribution is 7.10. The molecule has 3 N–H and O–H groups in total. The van der Waals surface area contributed by atoms with E-state index in [0.717, 1.165) is 13.1 Å². The van der Waals surface area contributed by atoms with Crippen molar-refractivity contribution in [1.82, 2.24) is 10.2 Å². The van der Waals surface area contributed by atoms with Gasteiger partial charge in [-0.05, 0) is 50.2 Å². The zero-order valence-corrected chi connectivity index (χ0v) is 15.4. The Morgan fingerprint density at radius 2 is 2.30 bits per heavy atom. The molecule has 5 heteroatoms. The van der Waals surface area contributed by atoms with Crippen LogP contribution in [0.4, 0.5) is 0 Å². The summed E-state index contributed by atoms with van der Waals surface area (Å²) in [5.74, 6) is 1.17. The van der Waals surface area contributed by atoms with Crippen LogP contribution in [-0.4, -0.2) is 37.5 Å². The van der Waals surface area contributed by atoms with Crippen molar-refractivity contribution in [3.63, 3.8) is 0 Å². The van der Waals surface area contributed by atoms with Crippen LogP contribution in [0.2, 0.25) is 0 Å². The van der Waals surface area contributed by atoms with Crippen LogP contribution in [0.15, 0.2) is 22.5 Å². The Morgan fingerprint density at radius 3 is 3.04 bits per heavy atom. The fraction of sp³-hybridized carbons (Fsp3) is 0.722. The van der Waals surface area contributed by atoms with E-state index >= 15 is 0 Å². The molecule has 23 heavy (non-hydrogen) atoms. The molecule has 0 aromatic carbocycles. The van der Waals surface area contributed by atoms with Crippen LogP contribution in [-0.2, 0) is 0 Å². The van der Waals surface area contributed by atoms with Gasteiger partial charge in [0.1, 0.15) is 0 Å². The molecule has 1 fully saturated rings. The van der Waals surface area contributed by atoms with Gasteiger partial charge in [-0.3, -0.25) is 9.89 Å². The highest BCUT2D eigenvalue weighted by Gasteiger charge is 2.30. The lowest BCUT2D eigenvalue weighted by atomic mass is 9.88. The minimum Gasteiger partial charge on any atom is -0.370 e. The van der Waals surface area contributed by atoms with Crippen molar-refractivity contribution in [1.29, 1.82) is 0 Å². The second kappa shape index (κ2) is 9.93. The van der Waals surface area contributed by atoms with Crippen LogP contribution in [0.3, 0.4) is 0 Å². The molecule has 2 atom stereocenters. The first kappa shape index (κ1) is 18.3. The van der Waals surface area contributed by atoms with Gasteiger partial charge in [-0.1, -0.05) is 32.3 Å². The van der Waals surface area contributed by atoms with Crippen molar-refractivity contribution < 1.29 is 0 Å². The van der Waals surface area contributed by atoms with E-state index in [-0.39, 0.29) is 0 Å². The van der Waals surface area contributed by atoms with Gasteiger partial charge in [-0.2, -0.15) is 0 Å². The van der Waals surface area contributed by atoms with Gasteiger partial charge in [-0.15, -0.1) is 11.3 Å². The number of nitrogens with one attached hydrogen (secondary N) is 1. The van der Waals surface area contributed by atoms with Crippen molar-refractivity contribution in [2.24, 2.45) is 16.6 Å². The minimum atomic E-state index is 0.491. The summed E-state index contributed by atoms with van der Waals surface area (Å²) in [6.45, 7) is 5.16. The summed E-state index contributed by atoms with van der Waals surface area (Å²) in [4.78, 5) is 8.55. The summed E-state index contributed by atoms with van der Waals surface area (Å²) in [5.41, 5.74) is 6.03. The number of guanidine groups is 1. The Morgan fingerprint density at radius 1 is 1.43 bits per heavy atom. The third kappa shape index (κ3) is 5.81. The fourth-order valence-electron chi connectivity index (χ4n) is 3.40. The quantitative estimate of drug-likeness (QED) is 0.433. The van der Waals surface area contributed by atoms with Crippen LogP contribution in [0.5, 0.6) is 0 Å². The number of nitrogens with zero attached hydrogens (tertiary/aromatic N) is 2. The first-order chi connectivity index (χ1) is 11.2. The van der Waals surface area contributed by atoms with E-state index in [4.69, 9.17) is 5.73 Å². The zero-order chi connectivity index (χ0) is 16.5. The van der Waals surface area contributed by atoms with Crippen molar-refractivity contribution >= 4 is 17.3 Å². The molecule has 0 spiro atoms. The van der Waals surface area contributed by atoms with E-state index in [1.807, 2.05) is 11.3 Å². The van der Waals surface area contributed by atoms with Gasteiger partial charge >= 0.3 is 0 Å². The number of aliphatic imine (C=N–C) groups is 1. The van der Waals surface area contributed by atoms with Crippen LogP contribution < -0.4 is 11.1 Å². The zero-order valence-electron chi connectivity index (χ0n) is 14.6. The molecule has 2 rings (SSSR count). The molecule has 130 valence electrons. The highest BCUT2D eigenvalue weighted by Crippen LogP contribution is 2.37. The van der Waals surface area contributed by atoms with E-state index < -0.39 is 0 Å². The lowest BCUT2D eigenvalue weighted by Gasteiger charge is -2.38. The smallest absolute Gasteiger partial charge is 0.188 e. The van der Waals surface area contributed by atoms with Gasteiger partial charge in [0.25, 0.3) is 0 Å². The molecule has 1 saturated heterocycles. The van der Waals surface area contributed by atoms with Crippen LogP contribution in [0.1, 0.15) is 56.4 Å². The first-order valence-electron chi connectivity index (χ1n) is 8.99. The molecule has 1 aromatic rings. The number of piperidine rings is 1. The summed E-state index contributed by atoms with van der Waals surface area (Å²) >= 11 is 1.86. The van der Waals surface area contributed by atoms with Crippen molar-refractivity contribution in [2.75, 3.05) is 26.7 Å². The van der Waals surface area contributed by atoms with Gasteiger partial charge < -0.3 is 11.1 Å². The topological polar surface area (TPSA) is 53.6 Å². The summed E-state index contributed by atoms with van der Waals surface area (Å²) in [7, 11) is 2.23. The molecule has 1 aliphatic rings. The Kier molecular flexibility index (Phi) is 7.89. The number of likely N-dealkylation sites (tertiary alicyclic amines) is 1. The third-order valence-electron chi connectivity index (χ3n) is 4.67. The SMILES string of the molecule is CCCCCCNC(N)=NCC1CCCN(C)C1c1cccs1. The van der Waals surface area contributed by atoms with Crippen LogP contribution in [0.25, 0.3) is 0 Å². The second-order valence-electron chi connectivity index (χ2n) is 6.56. The Balaban J connectivity index is 1.83. The predicted molar refractivity (Wildman–Crippen MR) is 101 cm³/mol. The summed E-state index contributed by atoms with van der Waals surface area (Å²) < 4.78 is 0. The molecular weight excluding hydrogens is 304 g/mol. The second-order valence-corrected chi connectivity index (χ2v) is 7.54. The third-order valence-corrected chi connectivity index (χ3v) is 5.62. The van der Waals surface area contributed by atoms with Crippen molar-refractivity contribution in [3.05, 3.63) is 22.4 Å². The molecule has 1 aliphatic heterocycles. The average Bonchev–Trinajstić information content (AvgIpc) is 3.06. The molecular formula is C18H32N4S. The van der Waals surface area contributed by atoms with Gasteiger partial charge in [0.05, 0.1) is 0 Å². The van der Waals surface area contributed by atoms with Crippen LogP contribution in [0, 0.1) is 5.92 Å². The minimum absolute atomic E-state index is 0.491. The molecule has 4 nitrogen and oxygen atoms in total. The largest absolute Gasteiger partial charge is 0.370 e. The van der Waals surface area contributed by atoms with E-state index in [1.54, 1.807) is 0 Å². The van der Waals surface area contributed by atoms with Crippen molar-refractivity contribution in [3.8, 4) is 0 Å². The number of rotatable bonds is 8. The van der Waals surface area contributed by atoms with E-state index in [2.05, 4.69) is 46.7 Å². The summed E-state index contributed by atoms with van der Waals surface area (Å²) in [6, 6.07) is 4.89. The maximum atomic E-state index is 6.03. The highest BCUT2D eigenvalue weighted by atomic mass is 32.1. The lowest BCUT2D eigenvalue weighted by molar-refractivity contribution is 0.128. The molecule has 0 bridgehead atoms. The molecule has 0 radical (unpaired) electrons. The number of nitrogens with two attached hydrogens (primary N) is 1. The Labute approximate surface area is 145 Å². The maximum Gasteiger partial charge on any atom is 0.188 e. The Bertz CT molecular complexity index is 458. The Hall–Kier alpha value is -1.07. The van der Waals surface area contributed by atoms with Crippen molar-refractivity contribution in [2.45, 2.75) is 51.5 Å². The van der Waals surface area contributed by atoms with Gasteiger partial charge in [0.2, 0.25) is 0 Å². The van der Waals surface area contributed by atoms with E-state index in [9.17, 15) is 0 Å². The normalized spacial score (nSPS) is 23.1. The average molecular weight is 337 g/mol. The predicted octanol–water partition coefficient (Wildman–Crippen LogP) is 3.62. The summed E-state index contributed by atoms with van der Waals surface area (Å²) in [5, 5.41) is 5.43. The van der Waals surface area contributed by atoms with E-state index in [0.29, 0.717) is 17.9 Å². The number of hydrogen-bond acceptors (Lipinski definition) is 3. The standard InChI is InChI=1S/C18H32N4S/c1-3-4-5-6-11-20-18(19)21-14-15-9-7-12-22(2)17(15)16-10-8-13-23-16/h8,10,13,15,17H,3-7,9,11-12,14H2,1-2H3,(H3,19,20,21). The molecule has 0 saturated carbocycles. The monoisotopic (exact) mass is 336 g/mol. The van der Waals surface area contributed by atoms with Gasteiger partial charge in [0, 0.05) is 24.0 Å². The first-order valence-corrected chi connectivity index (χ1v) is 9.87. The molecule has 0 amide bonds.